The SMILES string of the molecule is CCCCN(CCCCN(C)C)C(=O)CN1C[C@H](c2ccc3c(c2)OCO3)C(C(=O)O)[C@@H]1CCC1CCCCO1. The van der Waals surface area contributed by atoms with E-state index in [4.69, 9.17) is 14.2 Å². The van der Waals surface area contributed by atoms with Crippen LogP contribution in [0, 0.1) is 5.92 Å². The Morgan fingerprint density at radius 3 is 2.52 bits per heavy atom. The van der Waals surface area contributed by atoms with Crippen LogP contribution < -0.4 is 9.47 Å². The molecule has 3 aliphatic heterocycles. The summed E-state index contributed by atoms with van der Waals surface area (Å²) in [6, 6.07) is 5.52. The number of rotatable bonds is 15. The molecule has 1 aromatic carbocycles. The fourth-order valence-corrected chi connectivity index (χ4v) is 6.44. The molecule has 0 spiro atoms. The largest absolute Gasteiger partial charge is 0.481 e. The second-order valence-electron chi connectivity index (χ2n) is 11.9. The summed E-state index contributed by atoms with van der Waals surface area (Å²) in [5.74, 6) is -0.201. The molecule has 0 aliphatic carbocycles. The molecule has 40 heavy (non-hydrogen) atoms. The van der Waals surface area contributed by atoms with E-state index in [2.05, 4.69) is 30.8 Å². The van der Waals surface area contributed by atoms with Crippen LogP contribution in [0.4, 0.5) is 0 Å². The van der Waals surface area contributed by atoms with E-state index in [-0.39, 0.29) is 37.3 Å². The first-order valence-corrected chi connectivity index (χ1v) is 15.3. The van der Waals surface area contributed by atoms with Crippen molar-refractivity contribution in [3.05, 3.63) is 23.8 Å². The maximum atomic E-state index is 13.7. The van der Waals surface area contributed by atoms with Crippen molar-refractivity contribution in [3.63, 3.8) is 0 Å². The highest BCUT2D eigenvalue weighted by atomic mass is 16.7. The lowest BCUT2D eigenvalue weighted by Gasteiger charge is -2.31. The van der Waals surface area contributed by atoms with Gasteiger partial charge in [0, 0.05) is 38.2 Å². The zero-order valence-corrected chi connectivity index (χ0v) is 24.7. The van der Waals surface area contributed by atoms with E-state index in [1.807, 2.05) is 23.1 Å². The number of benzene rings is 1. The first-order chi connectivity index (χ1) is 19.4. The number of amides is 1. The molecule has 4 atom stereocenters. The van der Waals surface area contributed by atoms with Crippen molar-refractivity contribution in [3.8, 4) is 11.5 Å². The molecule has 224 valence electrons. The van der Waals surface area contributed by atoms with Crippen LogP contribution >= 0.6 is 0 Å². The van der Waals surface area contributed by atoms with Crippen molar-refractivity contribution in [2.75, 3.05) is 60.2 Å². The molecule has 1 amide bonds. The Hall–Kier alpha value is -2.36. The average Bonchev–Trinajstić information content (AvgIpc) is 3.56. The number of unbranched alkanes of at least 4 members (excludes halogenated alkanes) is 2. The van der Waals surface area contributed by atoms with Gasteiger partial charge in [-0.2, -0.15) is 0 Å². The molecule has 0 bridgehead atoms. The minimum absolute atomic E-state index is 0.104. The fraction of sp³-hybridized carbons (Fsp3) is 0.742. The van der Waals surface area contributed by atoms with Crippen molar-refractivity contribution in [1.82, 2.24) is 14.7 Å². The predicted octanol–water partition coefficient (Wildman–Crippen LogP) is 4.20. The lowest BCUT2D eigenvalue weighted by atomic mass is 9.83. The number of carbonyl (C=O) groups excluding carboxylic acids is 1. The standard InChI is InChI=1S/C31H49N3O6/c1-4-5-16-33(17-8-7-15-32(2)3)29(35)21-34-20-25(23-11-14-27-28(19-23)40-22-39-27)30(31(36)37)26(34)13-12-24-10-6-9-18-38-24/h11,14,19,24-26,30H,4-10,12-13,15-18,20-22H2,1-3H3,(H,36,37)/t24?,25-,26+,30?/m1/s1. The van der Waals surface area contributed by atoms with Crippen molar-refractivity contribution in [1.29, 1.82) is 0 Å². The summed E-state index contributed by atoms with van der Waals surface area (Å²) >= 11 is 0. The van der Waals surface area contributed by atoms with Crippen LogP contribution in [-0.4, -0.2) is 104 Å². The minimum atomic E-state index is -0.807. The van der Waals surface area contributed by atoms with Gasteiger partial charge in [-0.15, -0.1) is 0 Å². The van der Waals surface area contributed by atoms with Crippen LogP contribution in [0.25, 0.3) is 0 Å². The van der Waals surface area contributed by atoms with Crippen molar-refractivity contribution in [2.24, 2.45) is 5.92 Å². The minimum Gasteiger partial charge on any atom is -0.481 e. The van der Waals surface area contributed by atoms with Gasteiger partial charge in [0.05, 0.1) is 18.6 Å². The Morgan fingerprint density at radius 1 is 1.02 bits per heavy atom. The second-order valence-corrected chi connectivity index (χ2v) is 11.9. The van der Waals surface area contributed by atoms with Gasteiger partial charge in [-0.25, -0.2) is 0 Å². The zero-order chi connectivity index (χ0) is 28.5. The van der Waals surface area contributed by atoms with E-state index in [1.165, 1.54) is 0 Å². The highest BCUT2D eigenvalue weighted by Gasteiger charge is 2.47. The molecule has 9 heteroatoms. The van der Waals surface area contributed by atoms with Crippen LogP contribution in [0.3, 0.4) is 0 Å². The lowest BCUT2D eigenvalue weighted by Crippen LogP contribution is -2.45. The van der Waals surface area contributed by atoms with Crippen molar-refractivity contribution >= 4 is 11.9 Å². The van der Waals surface area contributed by atoms with Gasteiger partial charge in [-0.1, -0.05) is 19.4 Å². The smallest absolute Gasteiger partial charge is 0.308 e. The third-order valence-electron chi connectivity index (χ3n) is 8.67. The maximum absolute atomic E-state index is 13.7. The highest BCUT2D eigenvalue weighted by molar-refractivity contribution is 5.79. The van der Waals surface area contributed by atoms with Gasteiger partial charge in [0.1, 0.15) is 0 Å². The zero-order valence-electron chi connectivity index (χ0n) is 24.7. The quantitative estimate of drug-likeness (QED) is 0.320. The molecule has 1 N–H and O–H groups in total. The molecule has 0 saturated carbocycles. The van der Waals surface area contributed by atoms with Crippen LogP contribution in [-0.2, 0) is 14.3 Å². The Morgan fingerprint density at radius 2 is 1.80 bits per heavy atom. The van der Waals surface area contributed by atoms with Crippen molar-refractivity contribution < 1.29 is 28.9 Å². The number of carbonyl (C=O) groups is 2. The number of likely N-dealkylation sites (tertiary alicyclic amines) is 1. The summed E-state index contributed by atoms with van der Waals surface area (Å²) in [6.07, 6.45) is 8.96. The monoisotopic (exact) mass is 559 g/mol. The summed E-state index contributed by atoms with van der Waals surface area (Å²) in [6.45, 7) is 6.38. The molecule has 0 aromatic heterocycles. The predicted molar refractivity (Wildman–Crippen MR) is 154 cm³/mol. The Balaban J connectivity index is 1.51. The Bertz CT molecular complexity index is 966. The van der Waals surface area contributed by atoms with Gasteiger partial charge >= 0.3 is 5.97 Å². The van der Waals surface area contributed by atoms with Crippen LogP contribution in [0.2, 0.25) is 0 Å². The number of hydrogen-bond acceptors (Lipinski definition) is 7. The molecule has 0 radical (unpaired) electrons. The van der Waals surface area contributed by atoms with Crippen LogP contribution in [0.1, 0.15) is 76.2 Å². The van der Waals surface area contributed by atoms with E-state index in [0.29, 0.717) is 24.5 Å². The lowest BCUT2D eigenvalue weighted by molar-refractivity contribution is -0.144. The second kappa shape index (κ2) is 15.0. The van der Waals surface area contributed by atoms with Gasteiger partial charge in [-0.05, 0) is 89.7 Å². The third-order valence-corrected chi connectivity index (χ3v) is 8.67. The van der Waals surface area contributed by atoms with Gasteiger partial charge in [0.25, 0.3) is 0 Å². The molecule has 4 rings (SSSR count). The van der Waals surface area contributed by atoms with E-state index >= 15 is 0 Å². The average molecular weight is 560 g/mol. The van der Waals surface area contributed by atoms with E-state index in [0.717, 1.165) is 83.2 Å². The number of ether oxygens (including phenoxy) is 3. The van der Waals surface area contributed by atoms with Crippen molar-refractivity contribution in [2.45, 2.75) is 82.8 Å². The molecule has 3 heterocycles. The number of carboxylic acids is 1. The summed E-state index contributed by atoms with van der Waals surface area (Å²) < 4.78 is 17.1. The van der Waals surface area contributed by atoms with Crippen LogP contribution in [0.5, 0.6) is 11.5 Å². The summed E-state index contributed by atoms with van der Waals surface area (Å²) in [4.78, 5) is 32.9. The highest BCUT2D eigenvalue weighted by Crippen LogP contribution is 2.43. The number of carboxylic acid groups (broad SMARTS) is 1. The number of aliphatic carboxylic acids is 1. The van der Waals surface area contributed by atoms with E-state index in [1.54, 1.807) is 0 Å². The normalized spacial score (nSPS) is 24.5. The van der Waals surface area contributed by atoms with Gasteiger partial charge in [-0.3, -0.25) is 14.5 Å². The molecule has 2 fully saturated rings. The van der Waals surface area contributed by atoms with Gasteiger partial charge in [0.2, 0.25) is 12.7 Å². The Kier molecular flexibility index (Phi) is 11.5. The molecule has 1 aromatic rings. The summed E-state index contributed by atoms with van der Waals surface area (Å²) in [5, 5.41) is 10.5. The topological polar surface area (TPSA) is 91.8 Å². The van der Waals surface area contributed by atoms with Gasteiger partial charge in [0.15, 0.2) is 11.5 Å². The maximum Gasteiger partial charge on any atom is 0.308 e. The number of hydrogen-bond donors (Lipinski definition) is 1. The summed E-state index contributed by atoms with van der Waals surface area (Å²) in [7, 11) is 4.14. The molecular weight excluding hydrogens is 510 g/mol. The van der Waals surface area contributed by atoms with E-state index < -0.39 is 11.9 Å². The number of nitrogens with zero attached hydrogens (tertiary/aromatic N) is 3. The fourth-order valence-electron chi connectivity index (χ4n) is 6.44. The first kappa shape index (κ1) is 30.6. The van der Waals surface area contributed by atoms with E-state index in [9.17, 15) is 14.7 Å². The molecule has 9 nitrogen and oxygen atoms in total. The third kappa shape index (κ3) is 8.10. The van der Waals surface area contributed by atoms with Gasteiger partial charge < -0.3 is 29.1 Å². The molecular formula is C31H49N3O6. The van der Waals surface area contributed by atoms with Crippen LogP contribution in [0.15, 0.2) is 18.2 Å². The molecule has 3 aliphatic rings. The molecule has 2 unspecified atom stereocenters. The number of fused-ring (bicyclic) bond motifs is 1. The summed E-state index contributed by atoms with van der Waals surface area (Å²) in [5.41, 5.74) is 0.928. The Labute approximate surface area is 239 Å². The molecule has 2 saturated heterocycles. The first-order valence-electron chi connectivity index (χ1n) is 15.3.